The van der Waals surface area contributed by atoms with E-state index in [1.165, 1.54) is 28.1 Å². The number of aromatic nitrogens is 4. The van der Waals surface area contributed by atoms with Gasteiger partial charge in [0.05, 0.1) is 6.20 Å². The fourth-order valence-corrected chi connectivity index (χ4v) is 2.46. The Bertz CT molecular complexity index is 843. The Morgan fingerprint density at radius 1 is 1.28 bits per heavy atom. The molecule has 0 aromatic carbocycles. The van der Waals surface area contributed by atoms with E-state index < -0.39 is 17.2 Å². The number of nitrogen functional groups attached to an aromatic ring is 1. The van der Waals surface area contributed by atoms with Crippen LogP contribution in [-0.2, 0) is 6.54 Å². The van der Waals surface area contributed by atoms with E-state index >= 15 is 0 Å². The van der Waals surface area contributed by atoms with Crippen molar-refractivity contribution in [1.82, 2.24) is 19.5 Å². The lowest BCUT2D eigenvalue weighted by molar-refractivity contribution is 0.0981. The highest BCUT2D eigenvalue weighted by Gasteiger charge is 2.25. The normalized spacial score (nSPS) is 10.6. The molecule has 0 saturated heterocycles. The van der Waals surface area contributed by atoms with Gasteiger partial charge in [-0.25, -0.2) is 9.78 Å². The molecule has 0 atom stereocenters. The molecule has 2 aromatic rings. The minimum atomic E-state index is -0.691. The van der Waals surface area contributed by atoms with Gasteiger partial charge >= 0.3 is 5.69 Å². The second-order valence-corrected chi connectivity index (χ2v) is 5.55. The largest absolute Gasteiger partial charge is 0.383 e. The number of amides is 1. The summed E-state index contributed by atoms with van der Waals surface area (Å²) in [6, 6.07) is 0. The quantitative estimate of drug-likeness (QED) is 0.762. The number of carbonyl (C=O) groups excluding carboxylic acids is 1. The lowest BCUT2D eigenvalue weighted by atomic mass is 10.2. The van der Waals surface area contributed by atoms with Crippen molar-refractivity contribution in [3.05, 3.63) is 45.1 Å². The first kappa shape index (κ1) is 18.4. The van der Waals surface area contributed by atoms with Crippen LogP contribution in [0.2, 0.25) is 0 Å². The Morgan fingerprint density at radius 3 is 2.64 bits per heavy atom. The first-order chi connectivity index (χ1) is 12.0. The van der Waals surface area contributed by atoms with Crippen molar-refractivity contribution in [3.63, 3.8) is 0 Å². The second-order valence-electron chi connectivity index (χ2n) is 5.55. The van der Waals surface area contributed by atoms with Crippen molar-refractivity contribution < 1.29 is 4.79 Å². The highest BCUT2D eigenvalue weighted by molar-refractivity contribution is 6.05. The minimum absolute atomic E-state index is 0.0241. The summed E-state index contributed by atoms with van der Waals surface area (Å²) in [6.07, 6.45) is 6.32. The molecule has 0 saturated carbocycles. The fraction of sp³-hybridized carbons (Fsp3) is 0.438. The van der Waals surface area contributed by atoms with Gasteiger partial charge in [0, 0.05) is 25.5 Å². The maximum absolute atomic E-state index is 12.8. The molecule has 0 radical (unpaired) electrons. The lowest BCUT2D eigenvalue weighted by Gasteiger charge is -2.24. The predicted octanol–water partition coefficient (Wildman–Crippen LogP) is 0.766. The van der Waals surface area contributed by atoms with Crippen LogP contribution in [0.3, 0.4) is 0 Å². The van der Waals surface area contributed by atoms with Crippen LogP contribution in [0.15, 0.2) is 28.2 Å². The van der Waals surface area contributed by atoms with Crippen LogP contribution in [0, 0.1) is 0 Å². The number of nitrogens with one attached hydrogen (secondary N) is 1. The van der Waals surface area contributed by atoms with Gasteiger partial charge in [0.15, 0.2) is 5.69 Å². The van der Waals surface area contributed by atoms with E-state index in [-0.39, 0.29) is 23.7 Å². The SMILES string of the molecule is CCCCN(C(=O)c1cnccn1)c1c(N)n(CCC)c(=O)[nH]c1=O. The van der Waals surface area contributed by atoms with Crippen LogP contribution in [-0.4, -0.2) is 32.0 Å². The zero-order chi connectivity index (χ0) is 18.4. The third-order valence-electron chi connectivity index (χ3n) is 3.69. The molecule has 3 N–H and O–H groups in total. The number of unbranched alkanes of at least 4 members (excludes halogenated alkanes) is 1. The van der Waals surface area contributed by atoms with Gasteiger partial charge in [0.2, 0.25) is 0 Å². The number of anilines is 2. The van der Waals surface area contributed by atoms with E-state index in [4.69, 9.17) is 5.73 Å². The molecule has 0 aliphatic carbocycles. The van der Waals surface area contributed by atoms with Gasteiger partial charge < -0.3 is 5.73 Å². The van der Waals surface area contributed by atoms with Gasteiger partial charge in [-0.3, -0.25) is 29.0 Å². The maximum atomic E-state index is 12.8. The molecular formula is C16H22N6O3. The maximum Gasteiger partial charge on any atom is 0.330 e. The van der Waals surface area contributed by atoms with Crippen LogP contribution >= 0.6 is 0 Å². The third kappa shape index (κ3) is 3.93. The van der Waals surface area contributed by atoms with Gasteiger partial charge in [-0.15, -0.1) is 0 Å². The summed E-state index contributed by atoms with van der Waals surface area (Å²) in [7, 11) is 0. The topological polar surface area (TPSA) is 127 Å². The van der Waals surface area contributed by atoms with Crippen LogP contribution in [0.5, 0.6) is 0 Å². The number of H-pyrrole nitrogens is 1. The Labute approximate surface area is 144 Å². The Balaban J connectivity index is 2.59. The highest BCUT2D eigenvalue weighted by atomic mass is 16.2. The van der Waals surface area contributed by atoms with Crippen molar-refractivity contribution in [1.29, 1.82) is 0 Å². The van der Waals surface area contributed by atoms with Crippen LogP contribution in [0.1, 0.15) is 43.6 Å². The molecule has 0 bridgehead atoms. The van der Waals surface area contributed by atoms with Crippen molar-refractivity contribution >= 4 is 17.4 Å². The van der Waals surface area contributed by atoms with E-state index in [0.717, 1.165) is 6.42 Å². The number of rotatable bonds is 7. The van der Waals surface area contributed by atoms with Crippen LogP contribution in [0.25, 0.3) is 0 Å². The summed E-state index contributed by atoms with van der Waals surface area (Å²) < 4.78 is 1.26. The molecule has 0 aliphatic rings. The number of aromatic amines is 1. The molecule has 0 spiro atoms. The lowest BCUT2D eigenvalue weighted by Crippen LogP contribution is -2.42. The third-order valence-corrected chi connectivity index (χ3v) is 3.69. The van der Waals surface area contributed by atoms with E-state index in [1.807, 2.05) is 13.8 Å². The van der Waals surface area contributed by atoms with Gasteiger partial charge in [-0.2, -0.15) is 0 Å². The van der Waals surface area contributed by atoms with E-state index in [9.17, 15) is 14.4 Å². The summed E-state index contributed by atoms with van der Waals surface area (Å²) in [5.41, 5.74) is 4.87. The molecule has 1 amide bonds. The van der Waals surface area contributed by atoms with E-state index in [1.54, 1.807) is 0 Å². The monoisotopic (exact) mass is 346 g/mol. The minimum Gasteiger partial charge on any atom is -0.383 e. The first-order valence-corrected chi connectivity index (χ1v) is 8.21. The highest BCUT2D eigenvalue weighted by Crippen LogP contribution is 2.19. The first-order valence-electron chi connectivity index (χ1n) is 8.21. The van der Waals surface area contributed by atoms with Gasteiger partial charge in [-0.05, 0) is 12.8 Å². The summed E-state index contributed by atoms with van der Waals surface area (Å²) in [5, 5.41) is 0. The summed E-state index contributed by atoms with van der Waals surface area (Å²) in [6.45, 7) is 4.48. The summed E-state index contributed by atoms with van der Waals surface area (Å²) in [5.74, 6) is -0.510. The summed E-state index contributed by atoms with van der Waals surface area (Å²) in [4.78, 5) is 48.6. The molecule has 2 rings (SSSR count). The molecule has 0 aliphatic heterocycles. The van der Waals surface area contributed by atoms with Crippen molar-refractivity contribution in [3.8, 4) is 0 Å². The molecule has 134 valence electrons. The Morgan fingerprint density at radius 2 is 2.04 bits per heavy atom. The zero-order valence-corrected chi connectivity index (χ0v) is 14.4. The molecule has 9 heteroatoms. The van der Waals surface area contributed by atoms with Gasteiger partial charge in [-0.1, -0.05) is 20.3 Å². The molecule has 2 aromatic heterocycles. The molecule has 9 nitrogen and oxygen atoms in total. The number of hydrogen-bond donors (Lipinski definition) is 2. The predicted molar refractivity (Wildman–Crippen MR) is 94.6 cm³/mol. The second kappa shape index (κ2) is 8.22. The number of hydrogen-bond acceptors (Lipinski definition) is 6. The molecular weight excluding hydrogens is 324 g/mol. The molecule has 0 fully saturated rings. The van der Waals surface area contributed by atoms with E-state index in [0.29, 0.717) is 19.4 Å². The zero-order valence-electron chi connectivity index (χ0n) is 14.4. The average molecular weight is 346 g/mol. The van der Waals surface area contributed by atoms with Crippen LogP contribution in [0.4, 0.5) is 11.5 Å². The van der Waals surface area contributed by atoms with Crippen molar-refractivity contribution in [2.24, 2.45) is 0 Å². The molecule has 2 heterocycles. The smallest absolute Gasteiger partial charge is 0.330 e. The Kier molecular flexibility index (Phi) is 6.04. The number of nitrogens with two attached hydrogens (primary N) is 1. The van der Waals surface area contributed by atoms with Gasteiger partial charge in [0.25, 0.3) is 11.5 Å². The standard InChI is InChI=1S/C16H22N6O3/c1-3-5-9-21(15(24)11-10-18-6-7-19-11)12-13(17)22(8-4-2)16(25)20-14(12)23/h6-7,10H,3-5,8-9,17H2,1-2H3,(H,20,23,25). The molecule has 0 unspecified atom stereocenters. The molecule has 25 heavy (non-hydrogen) atoms. The number of nitrogens with zero attached hydrogens (tertiary/aromatic N) is 4. The average Bonchev–Trinajstić information content (AvgIpc) is 2.61. The number of carbonyl (C=O) groups is 1. The fourth-order valence-electron chi connectivity index (χ4n) is 2.46. The Hall–Kier alpha value is -2.97. The van der Waals surface area contributed by atoms with Crippen molar-refractivity contribution in [2.75, 3.05) is 17.2 Å². The van der Waals surface area contributed by atoms with Gasteiger partial charge in [0.1, 0.15) is 11.5 Å². The van der Waals surface area contributed by atoms with Crippen LogP contribution < -0.4 is 21.9 Å². The van der Waals surface area contributed by atoms with Crippen molar-refractivity contribution in [2.45, 2.75) is 39.7 Å². The van der Waals surface area contributed by atoms with E-state index in [2.05, 4.69) is 15.0 Å². The summed E-state index contributed by atoms with van der Waals surface area (Å²) >= 11 is 0.